The lowest BCUT2D eigenvalue weighted by molar-refractivity contribution is 1.07. The Balaban J connectivity index is 2.15. The smallest absolute Gasteiger partial charge is 0.0217 e. The molecule has 0 heterocycles. The summed E-state index contributed by atoms with van der Waals surface area (Å²) in [6.07, 6.45) is 11.3. The van der Waals surface area contributed by atoms with Crippen LogP contribution in [0.1, 0.15) is 17.0 Å². The second kappa shape index (κ2) is 3.73. The molecule has 0 fully saturated rings. The van der Waals surface area contributed by atoms with Crippen LogP contribution in [0.4, 0.5) is 0 Å². The van der Waals surface area contributed by atoms with Gasteiger partial charge in [-0.25, -0.2) is 0 Å². The largest absolute Gasteiger partial charge is 0.0911 e. The summed E-state index contributed by atoms with van der Waals surface area (Å²) in [6, 6.07) is 13.2. The molecule has 2 aliphatic carbocycles. The Morgan fingerprint density at radius 3 is 2.76 bits per heavy atom. The van der Waals surface area contributed by atoms with Crippen molar-refractivity contribution in [2.24, 2.45) is 0 Å². The Morgan fingerprint density at radius 1 is 0.905 bits per heavy atom. The highest BCUT2D eigenvalue weighted by Gasteiger charge is 2.20. The van der Waals surface area contributed by atoms with Crippen molar-refractivity contribution in [2.45, 2.75) is 5.92 Å². The average Bonchev–Trinajstić information content (AvgIpc) is 2.52. The predicted molar refractivity (Wildman–Crippen MR) is 91.6 cm³/mol. The summed E-state index contributed by atoms with van der Waals surface area (Å²) in [6.45, 7) is 4.24. The maximum atomic E-state index is 4.24. The fourth-order valence-corrected chi connectivity index (χ4v) is 3.84. The maximum absolute atomic E-state index is 4.24. The first kappa shape index (κ1) is 11.1. The Hall–Kier alpha value is -2.60. The van der Waals surface area contributed by atoms with Crippen LogP contribution >= 0.6 is 0 Å². The lowest BCUT2D eigenvalue weighted by Crippen LogP contribution is -2.17. The molecule has 1 atom stereocenters. The van der Waals surface area contributed by atoms with E-state index in [1.54, 1.807) is 0 Å². The van der Waals surface area contributed by atoms with Crippen molar-refractivity contribution in [3.8, 4) is 0 Å². The first-order chi connectivity index (χ1) is 10.3. The highest BCUT2D eigenvalue weighted by atomic mass is 14.2. The number of hydrogen-bond acceptors (Lipinski definition) is 0. The van der Waals surface area contributed by atoms with Gasteiger partial charge in [0.1, 0.15) is 0 Å². The zero-order valence-corrected chi connectivity index (χ0v) is 11.6. The van der Waals surface area contributed by atoms with Crippen LogP contribution in [-0.2, 0) is 0 Å². The third kappa shape index (κ3) is 1.34. The van der Waals surface area contributed by atoms with Gasteiger partial charge in [-0.05, 0) is 49.2 Å². The molecule has 0 saturated carbocycles. The highest BCUT2D eigenvalue weighted by molar-refractivity contribution is 6.09. The number of rotatable bonds is 0. The van der Waals surface area contributed by atoms with Gasteiger partial charge in [0.15, 0.2) is 0 Å². The fourth-order valence-electron chi connectivity index (χ4n) is 3.84. The molecule has 0 heteroatoms. The molecule has 0 aromatic heterocycles. The average molecular weight is 266 g/mol. The molecular weight excluding hydrogens is 252 g/mol. The normalized spacial score (nSPS) is 18.2. The molecule has 2 aliphatic rings. The van der Waals surface area contributed by atoms with Crippen LogP contribution in [0.5, 0.6) is 0 Å². The molecule has 0 spiro atoms. The summed E-state index contributed by atoms with van der Waals surface area (Å²) >= 11 is 0. The van der Waals surface area contributed by atoms with Crippen molar-refractivity contribution in [3.63, 3.8) is 0 Å². The Kier molecular flexibility index (Phi) is 1.97. The minimum atomic E-state index is 0.413. The lowest BCUT2D eigenvalue weighted by atomic mass is 9.81. The van der Waals surface area contributed by atoms with Crippen molar-refractivity contribution in [1.29, 1.82) is 0 Å². The molecule has 3 aromatic rings. The summed E-state index contributed by atoms with van der Waals surface area (Å²) < 4.78 is 0. The van der Waals surface area contributed by atoms with Gasteiger partial charge in [-0.15, -0.1) is 0 Å². The van der Waals surface area contributed by atoms with Crippen molar-refractivity contribution in [2.75, 3.05) is 0 Å². The molecule has 0 radical (unpaired) electrons. The van der Waals surface area contributed by atoms with Crippen LogP contribution < -0.4 is 10.4 Å². The van der Waals surface area contributed by atoms with Crippen LogP contribution in [0.2, 0.25) is 0 Å². The molecule has 5 rings (SSSR count). The van der Waals surface area contributed by atoms with E-state index >= 15 is 0 Å². The van der Waals surface area contributed by atoms with Gasteiger partial charge >= 0.3 is 0 Å². The predicted octanol–water partition coefficient (Wildman–Crippen LogP) is 3.86. The van der Waals surface area contributed by atoms with E-state index in [1.165, 1.54) is 37.9 Å². The molecule has 98 valence electrons. The van der Waals surface area contributed by atoms with Gasteiger partial charge in [-0.1, -0.05) is 67.3 Å². The summed E-state index contributed by atoms with van der Waals surface area (Å²) in [4.78, 5) is 0. The summed E-state index contributed by atoms with van der Waals surface area (Å²) in [5.41, 5.74) is 2.79. The molecule has 0 amide bonds. The standard InChI is InChI=1S/C21H14/c1-13-4-2-7-16-12-17-9-8-14-5-3-6-15-10-11-18(19(13)16)21(17)20(14)15/h2-12,15H,1H2. The molecular formula is C21H14. The Labute approximate surface area is 123 Å². The van der Waals surface area contributed by atoms with E-state index in [9.17, 15) is 0 Å². The third-order valence-corrected chi connectivity index (χ3v) is 4.74. The Bertz CT molecular complexity index is 1090. The number of fused-ring (bicyclic) bond motifs is 2. The molecule has 0 bridgehead atoms. The quantitative estimate of drug-likeness (QED) is 0.542. The van der Waals surface area contributed by atoms with Crippen molar-refractivity contribution in [3.05, 3.63) is 76.2 Å². The summed E-state index contributed by atoms with van der Waals surface area (Å²) in [5, 5.41) is 7.78. The van der Waals surface area contributed by atoms with Gasteiger partial charge < -0.3 is 0 Å². The van der Waals surface area contributed by atoms with Crippen molar-refractivity contribution in [1.82, 2.24) is 0 Å². The molecule has 21 heavy (non-hydrogen) atoms. The zero-order valence-electron chi connectivity index (χ0n) is 11.6. The summed E-state index contributed by atoms with van der Waals surface area (Å²) in [5.74, 6) is 0.413. The van der Waals surface area contributed by atoms with E-state index in [4.69, 9.17) is 0 Å². The van der Waals surface area contributed by atoms with Gasteiger partial charge in [0.05, 0.1) is 0 Å². The van der Waals surface area contributed by atoms with E-state index < -0.39 is 0 Å². The first-order valence-corrected chi connectivity index (χ1v) is 7.37. The number of hydrogen-bond donors (Lipinski definition) is 0. The van der Waals surface area contributed by atoms with Crippen LogP contribution in [-0.4, -0.2) is 0 Å². The Morgan fingerprint density at radius 2 is 1.81 bits per heavy atom. The van der Waals surface area contributed by atoms with E-state index in [0.717, 1.165) is 5.22 Å². The lowest BCUT2D eigenvalue weighted by Gasteiger charge is -2.23. The minimum absolute atomic E-state index is 0.413. The number of benzene rings is 3. The second-order valence-corrected chi connectivity index (χ2v) is 5.91. The fraction of sp³-hybridized carbons (Fsp3) is 0.0476. The topological polar surface area (TPSA) is 0 Å². The van der Waals surface area contributed by atoms with Gasteiger partial charge in [-0.3, -0.25) is 0 Å². The molecule has 1 unspecified atom stereocenters. The third-order valence-electron chi connectivity index (χ3n) is 4.74. The van der Waals surface area contributed by atoms with Crippen LogP contribution in [0.3, 0.4) is 0 Å². The van der Waals surface area contributed by atoms with Crippen LogP contribution in [0, 0.1) is 0 Å². The summed E-state index contributed by atoms with van der Waals surface area (Å²) in [7, 11) is 0. The van der Waals surface area contributed by atoms with E-state index in [0.29, 0.717) is 5.92 Å². The van der Waals surface area contributed by atoms with Crippen molar-refractivity contribution < 1.29 is 0 Å². The molecule has 0 saturated heterocycles. The molecule has 0 aliphatic heterocycles. The molecule has 0 N–H and O–H groups in total. The molecule has 3 aromatic carbocycles. The van der Waals surface area contributed by atoms with Gasteiger partial charge in [-0.2, -0.15) is 0 Å². The van der Waals surface area contributed by atoms with E-state index in [2.05, 4.69) is 73.4 Å². The molecule has 0 nitrogen and oxygen atoms in total. The monoisotopic (exact) mass is 266 g/mol. The first-order valence-electron chi connectivity index (χ1n) is 7.37. The van der Waals surface area contributed by atoms with Gasteiger partial charge in [0, 0.05) is 5.92 Å². The second-order valence-electron chi connectivity index (χ2n) is 5.91. The van der Waals surface area contributed by atoms with E-state index in [1.807, 2.05) is 0 Å². The zero-order chi connectivity index (χ0) is 14.0. The SMILES string of the molecule is C=c1cccc2cc3ccc4c5c3c(c12)C=CC5C=CC=4. The van der Waals surface area contributed by atoms with Gasteiger partial charge in [0.25, 0.3) is 0 Å². The highest BCUT2D eigenvalue weighted by Crippen LogP contribution is 2.37. The van der Waals surface area contributed by atoms with Gasteiger partial charge in [0.2, 0.25) is 0 Å². The van der Waals surface area contributed by atoms with E-state index in [-0.39, 0.29) is 0 Å². The van der Waals surface area contributed by atoms with Crippen LogP contribution in [0.25, 0.3) is 40.3 Å². The number of allylic oxidation sites excluding steroid dienone is 3. The van der Waals surface area contributed by atoms with Crippen LogP contribution in [0.15, 0.2) is 54.6 Å². The maximum Gasteiger partial charge on any atom is 0.0217 e. The minimum Gasteiger partial charge on any atom is -0.0911 e. The van der Waals surface area contributed by atoms with Crippen molar-refractivity contribution >= 4 is 40.3 Å².